The fraction of sp³-hybridized carbons (Fsp3) is 0.441. The predicted molar refractivity (Wildman–Crippen MR) is 166 cm³/mol. The first-order chi connectivity index (χ1) is 21.1. The third-order valence-corrected chi connectivity index (χ3v) is 8.90. The Kier molecular flexibility index (Phi) is 7.88. The van der Waals surface area contributed by atoms with Gasteiger partial charge in [-0.15, -0.1) is 5.10 Å². The first-order valence-electron chi connectivity index (χ1n) is 15.3. The fourth-order valence-electron chi connectivity index (χ4n) is 6.68. The van der Waals surface area contributed by atoms with Gasteiger partial charge in [0.2, 0.25) is 5.91 Å². The second kappa shape index (κ2) is 11.6. The highest BCUT2D eigenvalue weighted by molar-refractivity contribution is 5.95. The van der Waals surface area contributed by atoms with E-state index in [-0.39, 0.29) is 30.6 Å². The number of amides is 2. The molecule has 0 unspecified atom stereocenters. The molecular weight excluding hydrogens is 556 g/mol. The highest BCUT2D eigenvalue weighted by Crippen LogP contribution is 2.39. The summed E-state index contributed by atoms with van der Waals surface area (Å²) < 4.78 is 13.4. The molecule has 0 saturated carbocycles. The largest absolute Gasteiger partial charge is 0.486 e. The maximum Gasteiger partial charge on any atom is 0.416 e. The molecule has 10 nitrogen and oxygen atoms in total. The van der Waals surface area contributed by atoms with Crippen molar-refractivity contribution in [3.63, 3.8) is 0 Å². The topological polar surface area (TPSA) is 103 Å². The molecule has 0 N–H and O–H groups in total. The number of ether oxygens (including phenoxy) is 2. The Hall–Kier alpha value is -4.31. The van der Waals surface area contributed by atoms with Crippen LogP contribution in [0.15, 0.2) is 48.8 Å². The SMILES string of the molecule is CCn1nnc2c(C)c([C@H](c3ccc(C)c(CN4Cc5cnccc5OC(C)(C)C4)c3)[C@@H](C)C(=O)N3CCOC3=O)ccc21. The first kappa shape index (κ1) is 29.7. The number of rotatable bonds is 7. The van der Waals surface area contributed by atoms with Crippen molar-refractivity contribution in [1.82, 2.24) is 29.8 Å². The van der Waals surface area contributed by atoms with Gasteiger partial charge in [0.1, 0.15) is 23.5 Å². The molecular formula is C34H40N6O4. The lowest BCUT2D eigenvalue weighted by molar-refractivity contribution is -0.131. The summed E-state index contributed by atoms with van der Waals surface area (Å²) in [6.45, 7) is 15.7. The first-order valence-corrected chi connectivity index (χ1v) is 15.3. The Labute approximate surface area is 258 Å². The van der Waals surface area contributed by atoms with Gasteiger partial charge < -0.3 is 9.47 Å². The van der Waals surface area contributed by atoms with Crippen molar-refractivity contribution in [3.05, 3.63) is 82.2 Å². The molecule has 0 radical (unpaired) electrons. The van der Waals surface area contributed by atoms with E-state index in [9.17, 15) is 9.59 Å². The maximum atomic E-state index is 13.8. The van der Waals surface area contributed by atoms with Crippen molar-refractivity contribution >= 4 is 23.0 Å². The van der Waals surface area contributed by atoms with Gasteiger partial charge in [-0.2, -0.15) is 0 Å². The Morgan fingerprint density at radius 3 is 2.70 bits per heavy atom. The molecule has 4 aromatic rings. The highest BCUT2D eigenvalue weighted by Gasteiger charge is 2.37. The van der Waals surface area contributed by atoms with Crippen LogP contribution in [-0.2, 0) is 29.2 Å². The summed E-state index contributed by atoms with van der Waals surface area (Å²) >= 11 is 0. The third-order valence-electron chi connectivity index (χ3n) is 8.90. The molecule has 0 spiro atoms. The summed E-state index contributed by atoms with van der Waals surface area (Å²) in [5.41, 5.74) is 7.78. The molecule has 0 aliphatic carbocycles. The molecule has 2 aliphatic rings. The van der Waals surface area contributed by atoms with Gasteiger partial charge in [0.15, 0.2) is 0 Å². The van der Waals surface area contributed by atoms with Gasteiger partial charge >= 0.3 is 6.09 Å². The molecule has 0 bridgehead atoms. The smallest absolute Gasteiger partial charge is 0.416 e. The van der Waals surface area contributed by atoms with E-state index in [1.165, 1.54) is 16.0 Å². The molecule has 2 aliphatic heterocycles. The number of hydrogen-bond acceptors (Lipinski definition) is 8. The minimum atomic E-state index is -0.580. The molecule has 2 aromatic heterocycles. The number of carbonyl (C=O) groups excluding carboxylic acids is 2. The van der Waals surface area contributed by atoms with Gasteiger partial charge in [-0.3, -0.25) is 14.7 Å². The number of cyclic esters (lactones) is 1. The van der Waals surface area contributed by atoms with Gasteiger partial charge in [-0.25, -0.2) is 14.4 Å². The van der Waals surface area contributed by atoms with E-state index in [1.54, 1.807) is 6.20 Å². The van der Waals surface area contributed by atoms with Crippen molar-refractivity contribution in [2.24, 2.45) is 5.92 Å². The third kappa shape index (κ3) is 5.54. The van der Waals surface area contributed by atoms with Crippen molar-refractivity contribution in [3.8, 4) is 5.75 Å². The number of hydrogen-bond donors (Lipinski definition) is 0. The molecule has 1 fully saturated rings. The number of benzene rings is 2. The summed E-state index contributed by atoms with van der Waals surface area (Å²) in [7, 11) is 0. The zero-order chi connectivity index (χ0) is 31.2. The number of aromatic nitrogens is 4. The van der Waals surface area contributed by atoms with Crippen LogP contribution >= 0.6 is 0 Å². The highest BCUT2D eigenvalue weighted by atomic mass is 16.6. The monoisotopic (exact) mass is 596 g/mol. The van der Waals surface area contributed by atoms with E-state index in [4.69, 9.17) is 9.47 Å². The molecule has 2 amide bonds. The van der Waals surface area contributed by atoms with Crippen molar-refractivity contribution in [1.29, 1.82) is 0 Å². The van der Waals surface area contributed by atoms with Crippen LogP contribution in [0.3, 0.4) is 0 Å². The zero-order valence-corrected chi connectivity index (χ0v) is 26.3. The average molecular weight is 597 g/mol. The Morgan fingerprint density at radius 1 is 1.14 bits per heavy atom. The minimum absolute atomic E-state index is 0.219. The van der Waals surface area contributed by atoms with Crippen molar-refractivity contribution in [2.45, 2.75) is 72.7 Å². The van der Waals surface area contributed by atoms with E-state index in [1.807, 2.05) is 43.8 Å². The minimum Gasteiger partial charge on any atom is -0.486 e. The van der Waals surface area contributed by atoms with Crippen LogP contribution in [0.25, 0.3) is 11.0 Å². The molecule has 2 aromatic carbocycles. The van der Waals surface area contributed by atoms with Gasteiger partial charge in [0.05, 0.1) is 12.1 Å². The number of fused-ring (bicyclic) bond motifs is 2. The van der Waals surface area contributed by atoms with Crippen molar-refractivity contribution < 1.29 is 19.1 Å². The van der Waals surface area contributed by atoms with Crippen LogP contribution < -0.4 is 4.74 Å². The lowest BCUT2D eigenvalue weighted by Gasteiger charge is -2.31. The molecule has 230 valence electrons. The molecule has 1 saturated heterocycles. The standard InChI is InChI=1S/C34H40N6O4/c1-7-40-28-11-10-27(22(3)31(28)36-37-40)30(23(4)32(41)39-14-15-43-33(39)42)24-9-8-21(2)25(16-24)18-38-19-26-17-35-13-12-29(26)44-34(5,6)20-38/h8-13,16-17,23,30H,7,14-15,18-20H2,1-6H3/t23-,30+/m1/s1. The second-order valence-corrected chi connectivity index (χ2v) is 12.6. The average Bonchev–Trinajstić information content (AvgIpc) is 3.59. The van der Waals surface area contributed by atoms with Crippen LogP contribution in [0.2, 0.25) is 0 Å². The van der Waals surface area contributed by atoms with Crippen LogP contribution in [0.1, 0.15) is 67.0 Å². The summed E-state index contributed by atoms with van der Waals surface area (Å²) in [4.78, 5) is 34.2. The second-order valence-electron chi connectivity index (χ2n) is 12.6. The maximum absolute atomic E-state index is 13.8. The molecule has 10 heteroatoms. The summed E-state index contributed by atoms with van der Waals surface area (Å²) in [6, 6.07) is 12.5. The van der Waals surface area contributed by atoms with E-state index in [0.29, 0.717) is 19.6 Å². The molecule has 6 rings (SSSR count). The molecule has 2 atom stereocenters. The number of aryl methyl sites for hydroxylation is 3. The van der Waals surface area contributed by atoms with Gasteiger partial charge in [0, 0.05) is 56.0 Å². The summed E-state index contributed by atoms with van der Waals surface area (Å²) in [6.07, 6.45) is 3.07. The number of carbonyl (C=O) groups is 2. The van der Waals surface area contributed by atoms with Gasteiger partial charge in [0.25, 0.3) is 0 Å². The lowest BCUT2D eigenvalue weighted by Crippen LogP contribution is -2.40. The number of pyridine rings is 1. The summed E-state index contributed by atoms with van der Waals surface area (Å²) in [5.74, 6) is -0.221. The molecule has 44 heavy (non-hydrogen) atoms. The van der Waals surface area contributed by atoms with Crippen LogP contribution in [0.4, 0.5) is 4.79 Å². The van der Waals surface area contributed by atoms with Crippen LogP contribution in [0.5, 0.6) is 5.75 Å². The fourth-order valence-corrected chi connectivity index (χ4v) is 6.68. The lowest BCUT2D eigenvalue weighted by atomic mass is 9.78. The summed E-state index contributed by atoms with van der Waals surface area (Å²) in [5, 5.41) is 8.83. The predicted octanol–water partition coefficient (Wildman–Crippen LogP) is 5.38. The Morgan fingerprint density at radius 2 is 1.95 bits per heavy atom. The number of nitrogens with zero attached hydrogens (tertiary/aromatic N) is 6. The Bertz CT molecular complexity index is 1730. The Balaban J connectivity index is 1.41. The van der Waals surface area contributed by atoms with Crippen LogP contribution in [-0.4, -0.2) is 67.1 Å². The van der Waals surface area contributed by atoms with Gasteiger partial charge in [-0.1, -0.05) is 36.4 Å². The van der Waals surface area contributed by atoms with E-state index < -0.39 is 12.0 Å². The molecule has 4 heterocycles. The zero-order valence-electron chi connectivity index (χ0n) is 26.3. The normalized spacial score (nSPS) is 18.0. The number of imide groups is 1. The quantitative estimate of drug-likeness (QED) is 0.280. The van der Waals surface area contributed by atoms with Gasteiger partial charge in [-0.05, 0) is 74.6 Å². The van der Waals surface area contributed by atoms with E-state index in [2.05, 4.69) is 65.2 Å². The van der Waals surface area contributed by atoms with E-state index >= 15 is 0 Å². The van der Waals surface area contributed by atoms with Crippen LogP contribution in [0, 0.1) is 19.8 Å². The van der Waals surface area contributed by atoms with Crippen molar-refractivity contribution in [2.75, 3.05) is 19.7 Å². The van der Waals surface area contributed by atoms with E-state index in [0.717, 1.165) is 45.6 Å².